The predicted molar refractivity (Wildman–Crippen MR) is 122 cm³/mol. The second-order valence-electron chi connectivity index (χ2n) is 8.39. The van der Waals surface area contributed by atoms with Gasteiger partial charge >= 0.3 is 12.1 Å². The fraction of sp³-hybridized carbons (Fsp3) is 0.269. The quantitative estimate of drug-likeness (QED) is 0.717. The summed E-state index contributed by atoms with van der Waals surface area (Å²) in [5.74, 6) is -0.890. The molecule has 6 heteroatoms. The molecule has 0 radical (unpaired) electrons. The van der Waals surface area contributed by atoms with Crippen molar-refractivity contribution in [2.75, 3.05) is 6.61 Å². The Morgan fingerprint density at radius 3 is 2.34 bits per heavy atom. The van der Waals surface area contributed by atoms with Gasteiger partial charge < -0.3 is 15.2 Å². The highest BCUT2D eigenvalue weighted by Crippen LogP contribution is 2.44. The van der Waals surface area contributed by atoms with Crippen LogP contribution in [0.25, 0.3) is 11.1 Å². The van der Waals surface area contributed by atoms with Gasteiger partial charge in [0.2, 0.25) is 0 Å². The van der Waals surface area contributed by atoms with Crippen molar-refractivity contribution in [3.63, 3.8) is 0 Å². The minimum Gasteiger partial charge on any atom is -0.480 e. The summed E-state index contributed by atoms with van der Waals surface area (Å²) in [6.45, 7) is 0.146. The van der Waals surface area contributed by atoms with Crippen molar-refractivity contribution in [3.8, 4) is 11.1 Å². The largest absolute Gasteiger partial charge is 0.480 e. The van der Waals surface area contributed by atoms with Gasteiger partial charge in [-0.05, 0) is 28.7 Å². The molecule has 1 amide bonds. The summed E-state index contributed by atoms with van der Waals surface area (Å²) in [5, 5.41) is 12.1. The molecule has 0 saturated carbocycles. The summed E-state index contributed by atoms with van der Waals surface area (Å²) in [6, 6.07) is 15.2. The van der Waals surface area contributed by atoms with Crippen LogP contribution >= 0.6 is 0 Å². The number of ether oxygens (including phenoxy) is 1. The Morgan fingerprint density at radius 2 is 1.69 bits per heavy atom. The van der Waals surface area contributed by atoms with Crippen molar-refractivity contribution in [1.82, 2.24) is 5.32 Å². The molecule has 3 aliphatic rings. The highest BCUT2D eigenvalue weighted by atomic mass is 16.5. The first-order valence-electron chi connectivity index (χ1n) is 10.8. The number of benzene rings is 2. The molecule has 2 aromatic carbocycles. The SMILES string of the molecule is O=C(N[C@H](CC1=NC2C=CC=CC2C1)C(=O)O)OCC1c2ccccc2-c2ccccc21. The number of alkyl carbamates (subject to hydrolysis) is 1. The van der Waals surface area contributed by atoms with E-state index in [1.165, 1.54) is 0 Å². The van der Waals surface area contributed by atoms with Gasteiger partial charge in [-0.15, -0.1) is 0 Å². The van der Waals surface area contributed by atoms with E-state index < -0.39 is 18.1 Å². The second kappa shape index (κ2) is 8.46. The Labute approximate surface area is 186 Å². The van der Waals surface area contributed by atoms with E-state index in [0.717, 1.165) is 28.0 Å². The molecular weight excluding hydrogens is 404 g/mol. The summed E-state index contributed by atoms with van der Waals surface area (Å²) < 4.78 is 5.50. The molecular formula is C26H24N2O4. The predicted octanol–water partition coefficient (Wildman–Crippen LogP) is 4.32. The molecule has 0 aromatic heterocycles. The Bertz CT molecular complexity index is 1100. The maximum atomic E-state index is 12.5. The number of carbonyl (C=O) groups is 2. The average molecular weight is 428 g/mol. The fourth-order valence-corrected chi connectivity index (χ4v) is 4.86. The molecule has 0 fully saturated rings. The van der Waals surface area contributed by atoms with Crippen LogP contribution in [0.4, 0.5) is 4.79 Å². The van der Waals surface area contributed by atoms with E-state index in [0.29, 0.717) is 6.42 Å². The lowest BCUT2D eigenvalue weighted by atomic mass is 9.93. The molecule has 2 unspecified atom stereocenters. The minimum absolute atomic E-state index is 0.0684. The lowest BCUT2D eigenvalue weighted by Gasteiger charge is -2.17. The molecule has 0 saturated heterocycles. The van der Waals surface area contributed by atoms with Crippen LogP contribution in [0.5, 0.6) is 0 Å². The number of nitrogens with zero attached hydrogens (tertiary/aromatic N) is 1. The standard InChI is InChI=1S/C26H24N2O4/c29-25(30)24(14-17-13-16-7-1-6-12-23(16)27-17)28-26(31)32-15-22-20-10-4-2-8-18(20)19-9-3-5-11-21(19)22/h1-12,16,22-24H,13-15H2,(H,28,31)(H,29,30)/t16?,23?,24-/m1/s1. The first kappa shape index (κ1) is 20.2. The zero-order chi connectivity index (χ0) is 22.1. The van der Waals surface area contributed by atoms with Gasteiger partial charge in [-0.25, -0.2) is 9.59 Å². The minimum atomic E-state index is -1.10. The molecule has 1 heterocycles. The monoisotopic (exact) mass is 428 g/mol. The van der Waals surface area contributed by atoms with Gasteiger partial charge in [0.05, 0.1) is 6.04 Å². The molecule has 0 bridgehead atoms. The van der Waals surface area contributed by atoms with Gasteiger partial charge in [0.15, 0.2) is 0 Å². The summed E-state index contributed by atoms with van der Waals surface area (Å²) in [7, 11) is 0. The Hall–Kier alpha value is -3.67. The number of allylic oxidation sites excluding steroid dienone is 2. The molecule has 2 N–H and O–H groups in total. The highest BCUT2D eigenvalue weighted by molar-refractivity contribution is 5.93. The number of rotatable bonds is 6. The maximum absolute atomic E-state index is 12.5. The smallest absolute Gasteiger partial charge is 0.407 e. The third-order valence-corrected chi connectivity index (χ3v) is 6.39. The molecule has 3 atom stereocenters. The average Bonchev–Trinajstić information content (AvgIpc) is 3.35. The Kier molecular flexibility index (Phi) is 5.35. The lowest BCUT2D eigenvalue weighted by Crippen LogP contribution is -2.42. The number of hydrogen-bond donors (Lipinski definition) is 2. The molecule has 1 aliphatic heterocycles. The van der Waals surface area contributed by atoms with Crippen molar-refractivity contribution in [2.24, 2.45) is 10.9 Å². The molecule has 5 rings (SSSR count). The van der Waals surface area contributed by atoms with Crippen molar-refractivity contribution in [3.05, 3.63) is 84.0 Å². The van der Waals surface area contributed by atoms with Crippen molar-refractivity contribution in [1.29, 1.82) is 0 Å². The number of aliphatic imine (C=N–C) groups is 1. The maximum Gasteiger partial charge on any atom is 0.407 e. The third kappa shape index (κ3) is 3.84. The van der Waals surface area contributed by atoms with Gasteiger partial charge in [-0.1, -0.05) is 72.8 Å². The van der Waals surface area contributed by atoms with Crippen molar-refractivity contribution >= 4 is 17.8 Å². The number of nitrogens with one attached hydrogen (secondary N) is 1. The third-order valence-electron chi connectivity index (χ3n) is 6.39. The van der Waals surface area contributed by atoms with Crippen molar-refractivity contribution < 1.29 is 19.4 Å². The van der Waals surface area contributed by atoms with Gasteiger partial charge in [0, 0.05) is 24.0 Å². The van der Waals surface area contributed by atoms with Gasteiger partial charge in [0.25, 0.3) is 0 Å². The number of carbonyl (C=O) groups excluding carboxylic acids is 1. The summed E-state index contributed by atoms with van der Waals surface area (Å²) in [6.07, 6.45) is 8.22. The van der Waals surface area contributed by atoms with E-state index in [1.807, 2.05) is 54.6 Å². The summed E-state index contributed by atoms with van der Waals surface area (Å²) in [4.78, 5) is 28.9. The van der Waals surface area contributed by atoms with E-state index in [4.69, 9.17) is 4.74 Å². The molecule has 0 spiro atoms. The highest BCUT2D eigenvalue weighted by Gasteiger charge is 2.32. The topological polar surface area (TPSA) is 88.0 Å². The number of amides is 1. The second-order valence-corrected chi connectivity index (χ2v) is 8.39. The van der Waals surface area contributed by atoms with E-state index in [2.05, 4.69) is 28.5 Å². The number of fused-ring (bicyclic) bond motifs is 4. The molecule has 32 heavy (non-hydrogen) atoms. The van der Waals surface area contributed by atoms with Crippen LogP contribution in [0.3, 0.4) is 0 Å². The normalized spacial score (nSPS) is 21.3. The summed E-state index contributed by atoms with van der Waals surface area (Å²) in [5.41, 5.74) is 5.32. The van der Waals surface area contributed by atoms with E-state index >= 15 is 0 Å². The van der Waals surface area contributed by atoms with Crippen LogP contribution in [-0.2, 0) is 9.53 Å². The van der Waals surface area contributed by atoms with Crippen LogP contribution in [0.15, 0.2) is 77.8 Å². The zero-order valence-electron chi connectivity index (χ0n) is 17.5. The number of aliphatic carboxylic acids is 1. The van der Waals surface area contributed by atoms with E-state index in [9.17, 15) is 14.7 Å². The Morgan fingerprint density at radius 1 is 1.03 bits per heavy atom. The van der Waals surface area contributed by atoms with Crippen LogP contribution < -0.4 is 5.32 Å². The Balaban J connectivity index is 1.23. The molecule has 6 nitrogen and oxygen atoms in total. The van der Waals surface area contributed by atoms with Crippen LogP contribution in [-0.4, -0.2) is 41.6 Å². The molecule has 2 aromatic rings. The molecule has 2 aliphatic carbocycles. The van der Waals surface area contributed by atoms with Crippen molar-refractivity contribution in [2.45, 2.75) is 30.8 Å². The van der Waals surface area contributed by atoms with Gasteiger partial charge in [-0.3, -0.25) is 4.99 Å². The summed E-state index contributed by atoms with van der Waals surface area (Å²) >= 11 is 0. The number of carboxylic acid groups (broad SMARTS) is 1. The number of hydrogen-bond acceptors (Lipinski definition) is 4. The fourth-order valence-electron chi connectivity index (χ4n) is 4.86. The van der Waals surface area contributed by atoms with Crippen LogP contribution in [0.2, 0.25) is 0 Å². The van der Waals surface area contributed by atoms with Gasteiger partial charge in [-0.2, -0.15) is 0 Å². The first-order chi connectivity index (χ1) is 15.6. The molecule has 162 valence electrons. The lowest BCUT2D eigenvalue weighted by molar-refractivity contribution is -0.139. The number of carboxylic acids is 1. The van der Waals surface area contributed by atoms with Crippen LogP contribution in [0.1, 0.15) is 29.9 Å². The van der Waals surface area contributed by atoms with Crippen LogP contribution in [0, 0.1) is 5.92 Å². The van der Waals surface area contributed by atoms with Gasteiger partial charge in [0.1, 0.15) is 12.6 Å². The van der Waals surface area contributed by atoms with E-state index in [-0.39, 0.29) is 30.9 Å². The van der Waals surface area contributed by atoms with E-state index in [1.54, 1.807) is 0 Å². The zero-order valence-corrected chi connectivity index (χ0v) is 17.5. The first-order valence-corrected chi connectivity index (χ1v) is 10.8.